The van der Waals surface area contributed by atoms with Gasteiger partial charge < -0.3 is 14.7 Å². The minimum atomic E-state index is -3.28. The lowest BCUT2D eigenvalue weighted by Crippen LogP contribution is -2.55. The molecule has 0 atom stereocenters. The number of rotatable bonds is 7. The highest BCUT2D eigenvalue weighted by Gasteiger charge is 2.59. The van der Waals surface area contributed by atoms with E-state index in [2.05, 4.69) is 9.97 Å². The summed E-state index contributed by atoms with van der Waals surface area (Å²) in [6.07, 6.45) is 2.50. The number of nitriles is 1. The molecule has 38 heavy (non-hydrogen) atoms. The smallest absolute Gasteiger partial charge is 0.271 e. The van der Waals surface area contributed by atoms with Crippen molar-refractivity contribution >= 4 is 45.5 Å². The van der Waals surface area contributed by atoms with Gasteiger partial charge in [0.15, 0.2) is 5.11 Å². The number of aliphatic hydroxyl groups excluding tert-OH is 1. The second kappa shape index (κ2) is 9.53. The molecule has 11 heteroatoms. The van der Waals surface area contributed by atoms with Crippen molar-refractivity contribution in [2.24, 2.45) is 0 Å². The monoisotopic (exact) mass is 537 g/mol. The zero-order valence-corrected chi connectivity index (χ0v) is 21.7. The number of fused-ring (bicyclic) bond motifs is 1. The Labute approximate surface area is 223 Å². The number of amides is 1. The predicted molar refractivity (Wildman–Crippen MR) is 141 cm³/mol. The lowest BCUT2D eigenvalue weighted by molar-refractivity contribution is -0.123. The summed E-state index contributed by atoms with van der Waals surface area (Å²) >= 11 is 5.80. The highest BCUT2D eigenvalue weighted by atomic mass is 32.1. The molecule has 1 N–H and O–H groups in total. The van der Waals surface area contributed by atoms with Gasteiger partial charge in [-0.2, -0.15) is 10.2 Å². The van der Waals surface area contributed by atoms with Gasteiger partial charge in [0.2, 0.25) is 5.88 Å². The number of benzene rings is 2. The molecule has 2 heterocycles. The fourth-order valence-electron chi connectivity index (χ4n) is 5.02. The summed E-state index contributed by atoms with van der Waals surface area (Å²) in [5, 5.41) is 19.4. The second-order valence-electron chi connectivity index (χ2n) is 9.45. The number of carbonyl (C=O) groups excluding carboxylic acids is 1. The number of alkyl halides is 2. The van der Waals surface area contributed by atoms with Crippen LogP contribution in [0.25, 0.3) is 10.9 Å². The molecule has 2 fully saturated rings. The van der Waals surface area contributed by atoms with Crippen LogP contribution >= 0.6 is 12.2 Å². The Kier molecular flexibility index (Phi) is 6.49. The minimum absolute atomic E-state index is 0.0565. The molecular weight excluding hydrogens is 512 g/mol. The summed E-state index contributed by atoms with van der Waals surface area (Å²) in [5.41, 5.74) is -0.113. The highest BCUT2D eigenvalue weighted by molar-refractivity contribution is 7.81. The van der Waals surface area contributed by atoms with Gasteiger partial charge in [-0.05, 0) is 67.9 Å². The van der Waals surface area contributed by atoms with Gasteiger partial charge in [-0.1, -0.05) is 6.92 Å². The normalized spacial score (nSPS) is 16.7. The number of aromatic nitrogens is 2. The zero-order chi connectivity index (χ0) is 27.2. The van der Waals surface area contributed by atoms with Crippen molar-refractivity contribution in [3.63, 3.8) is 0 Å². The van der Waals surface area contributed by atoms with Gasteiger partial charge in [0.05, 0.1) is 34.8 Å². The predicted octanol–water partition coefficient (Wildman–Crippen LogP) is 4.61. The third kappa shape index (κ3) is 4.04. The maximum Gasteiger partial charge on any atom is 0.271 e. The average Bonchev–Trinajstić information content (AvgIpc) is 3.12. The van der Waals surface area contributed by atoms with Gasteiger partial charge in [-0.3, -0.25) is 9.69 Å². The SMILES string of the molecule is CCc1nc(OCCO)c2cc(N3C(=S)N(c4ccc(C#N)c(C(C)(F)F)c4)C(=O)C34CCC4)ccc2n1. The fraction of sp³-hybridized carbons (Fsp3) is 0.370. The highest BCUT2D eigenvalue weighted by Crippen LogP contribution is 2.49. The van der Waals surface area contributed by atoms with E-state index in [0.717, 1.165) is 6.42 Å². The van der Waals surface area contributed by atoms with Crippen LogP contribution in [0, 0.1) is 11.3 Å². The Hall–Kier alpha value is -3.75. The Balaban J connectivity index is 1.62. The number of halogens is 2. The Morgan fingerprint density at radius 1 is 1.21 bits per heavy atom. The molecule has 5 rings (SSSR count). The van der Waals surface area contributed by atoms with E-state index in [4.69, 9.17) is 17.0 Å². The topological polar surface area (TPSA) is 103 Å². The van der Waals surface area contributed by atoms with Crippen molar-refractivity contribution in [1.29, 1.82) is 5.26 Å². The number of aryl methyl sites for hydroxylation is 1. The number of hydrogen-bond donors (Lipinski definition) is 1. The molecule has 1 amide bonds. The molecule has 0 radical (unpaired) electrons. The van der Waals surface area contributed by atoms with Crippen LogP contribution in [0.15, 0.2) is 36.4 Å². The van der Waals surface area contributed by atoms with Gasteiger partial charge >= 0.3 is 0 Å². The zero-order valence-electron chi connectivity index (χ0n) is 20.9. The lowest BCUT2D eigenvalue weighted by atomic mass is 9.75. The number of carbonyl (C=O) groups is 1. The van der Waals surface area contributed by atoms with Crippen LogP contribution in [0.2, 0.25) is 0 Å². The number of nitrogens with zero attached hydrogens (tertiary/aromatic N) is 5. The first kappa shape index (κ1) is 25.9. The van der Waals surface area contributed by atoms with Crippen LogP contribution < -0.4 is 14.5 Å². The summed E-state index contributed by atoms with van der Waals surface area (Å²) in [6.45, 7) is 2.52. The molecule has 196 valence electrons. The van der Waals surface area contributed by atoms with Crippen molar-refractivity contribution < 1.29 is 23.4 Å². The summed E-state index contributed by atoms with van der Waals surface area (Å²) in [6, 6.07) is 11.1. The minimum Gasteiger partial charge on any atom is -0.475 e. The fourth-order valence-corrected chi connectivity index (χ4v) is 5.49. The standard InChI is InChI=1S/C27H25F2N5O3S/c1-3-22-31-21-8-7-18(13-19(21)23(32-22)37-12-11-35)34-25(38)33(24(36)27(34)9-4-10-27)17-6-5-16(15-30)20(14-17)26(2,28)29/h5-8,13-14,35H,3-4,9-12H2,1-2H3. The van der Waals surface area contributed by atoms with Gasteiger partial charge in [-0.25, -0.2) is 13.8 Å². The van der Waals surface area contributed by atoms with E-state index >= 15 is 0 Å². The number of ether oxygens (including phenoxy) is 1. The third-order valence-corrected chi connectivity index (χ3v) is 7.41. The third-order valence-electron chi connectivity index (χ3n) is 7.04. The number of thiocarbonyl (C=S) groups is 1. The number of anilines is 2. The van der Waals surface area contributed by atoms with E-state index in [1.54, 1.807) is 23.1 Å². The Bertz CT molecular complexity index is 1500. The van der Waals surface area contributed by atoms with Crippen molar-refractivity contribution in [3.05, 3.63) is 53.3 Å². The summed E-state index contributed by atoms with van der Waals surface area (Å²) in [4.78, 5) is 25.9. The molecule has 1 spiro atoms. The van der Waals surface area contributed by atoms with E-state index in [-0.39, 0.29) is 35.5 Å². The van der Waals surface area contributed by atoms with Crippen molar-refractivity contribution in [3.8, 4) is 11.9 Å². The maximum absolute atomic E-state index is 14.3. The van der Waals surface area contributed by atoms with Crippen molar-refractivity contribution in [1.82, 2.24) is 9.97 Å². The first-order valence-corrected chi connectivity index (χ1v) is 12.7. The first-order valence-electron chi connectivity index (χ1n) is 12.3. The molecule has 8 nitrogen and oxygen atoms in total. The second-order valence-corrected chi connectivity index (χ2v) is 9.81. The summed E-state index contributed by atoms with van der Waals surface area (Å²) in [7, 11) is 0. The quantitative estimate of drug-likeness (QED) is 0.436. The maximum atomic E-state index is 14.3. The van der Waals surface area contributed by atoms with Crippen LogP contribution in [-0.4, -0.2) is 44.8 Å². The molecule has 1 aromatic heterocycles. The summed E-state index contributed by atoms with van der Waals surface area (Å²) < 4.78 is 34.4. The van der Waals surface area contributed by atoms with Crippen LogP contribution in [0.4, 0.5) is 20.2 Å². The lowest BCUT2D eigenvalue weighted by Gasteiger charge is -2.43. The molecule has 2 aliphatic rings. The van der Waals surface area contributed by atoms with Gasteiger partial charge in [-0.15, -0.1) is 0 Å². The Morgan fingerprint density at radius 3 is 2.55 bits per heavy atom. The van der Waals surface area contributed by atoms with Crippen molar-refractivity contribution in [2.75, 3.05) is 23.0 Å². The molecular formula is C27H25F2N5O3S. The molecule has 1 aliphatic carbocycles. The van der Waals surface area contributed by atoms with Gasteiger partial charge in [0.25, 0.3) is 11.8 Å². The van der Waals surface area contributed by atoms with Crippen molar-refractivity contribution in [2.45, 2.75) is 51.0 Å². The molecule has 1 saturated heterocycles. The van der Waals surface area contributed by atoms with Crippen LogP contribution in [0.5, 0.6) is 5.88 Å². The molecule has 1 aliphatic heterocycles. The van der Waals surface area contributed by atoms with Crippen LogP contribution in [-0.2, 0) is 17.1 Å². The summed E-state index contributed by atoms with van der Waals surface area (Å²) in [5.74, 6) is -2.66. The molecule has 0 unspecified atom stereocenters. The average molecular weight is 538 g/mol. The number of aliphatic hydroxyl groups is 1. The van der Waals surface area contributed by atoms with E-state index in [1.807, 2.05) is 13.0 Å². The number of hydrogen-bond acceptors (Lipinski definition) is 7. The van der Waals surface area contributed by atoms with Crippen LogP contribution in [0.1, 0.15) is 50.1 Å². The Morgan fingerprint density at radius 2 is 1.95 bits per heavy atom. The molecule has 3 aromatic rings. The van der Waals surface area contributed by atoms with E-state index in [1.165, 1.54) is 23.1 Å². The molecule has 1 saturated carbocycles. The van der Waals surface area contributed by atoms with Crippen LogP contribution in [0.3, 0.4) is 0 Å². The molecule has 0 bridgehead atoms. The van der Waals surface area contributed by atoms with Gasteiger partial charge in [0, 0.05) is 24.6 Å². The van der Waals surface area contributed by atoms with E-state index in [0.29, 0.717) is 54.5 Å². The largest absolute Gasteiger partial charge is 0.475 e. The molecule has 2 aromatic carbocycles. The van der Waals surface area contributed by atoms with E-state index < -0.39 is 17.0 Å². The van der Waals surface area contributed by atoms with E-state index in [9.17, 15) is 23.9 Å². The van der Waals surface area contributed by atoms with Gasteiger partial charge in [0.1, 0.15) is 18.0 Å². The first-order chi connectivity index (χ1) is 18.1.